The first-order chi connectivity index (χ1) is 8.66. The van der Waals surface area contributed by atoms with Gasteiger partial charge in [0.25, 0.3) is 0 Å². The Bertz CT molecular complexity index is 542. The second-order valence-corrected chi connectivity index (χ2v) is 5.59. The Hall–Kier alpha value is -1.13. The Balaban J connectivity index is 2.15. The first kappa shape index (κ1) is 13.3. The molecule has 0 aliphatic carbocycles. The number of aryl methyl sites for hydroxylation is 1. The van der Waals surface area contributed by atoms with E-state index in [0.717, 1.165) is 20.2 Å². The topological polar surface area (TPSA) is 24.4 Å². The van der Waals surface area contributed by atoms with Crippen LogP contribution >= 0.6 is 31.9 Å². The van der Waals surface area contributed by atoms with Crippen molar-refractivity contribution in [1.82, 2.24) is 0 Å². The van der Waals surface area contributed by atoms with E-state index in [-0.39, 0.29) is 0 Å². The van der Waals surface area contributed by atoms with Crippen LogP contribution in [0.2, 0.25) is 0 Å². The molecule has 0 saturated carbocycles. The summed E-state index contributed by atoms with van der Waals surface area (Å²) in [5.41, 5.74) is 6.17. The second-order valence-electron chi connectivity index (χ2n) is 3.88. The summed E-state index contributed by atoms with van der Waals surface area (Å²) in [6.45, 7) is 2.05. The summed E-state index contributed by atoms with van der Waals surface area (Å²) < 4.78 is 2.04. The van der Waals surface area contributed by atoms with E-state index in [0.29, 0.717) is 0 Å². The van der Waals surface area contributed by atoms with Crippen molar-refractivity contribution in [2.45, 2.75) is 6.92 Å². The third kappa shape index (κ3) is 3.43. The lowest BCUT2D eigenvalue weighted by Crippen LogP contribution is -1.92. The number of nitrogens with zero attached hydrogens (tertiary/aromatic N) is 1. The van der Waals surface area contributed by atoms with Crippen molar-refractivity contribution in [2.24, 2.45) is 5.10 Å². The Labute approximate surface area is 123 Å². The molecule has 0 radical (unpaired) electrons. The molecule has 0 atom stereocenters. The van der Waals surface area contributed by atoms with E-state index in [9.17, 15) is 0 Å². The standard InChI is InChI=1S/C14H12Br2N2/c1-10-7-13(15)12(14(16)8-10)9-17-18-11-5-3-2-4-6-11/h2-9,18H,1H3/b17-9+. The van der Waals surface area contributed by atoms with Gasteiger partial charge in [0.2, 0.25) is 0 Å². The Morgan fingerprint density at radius 1 is 1.06 bits per heavy atom. The van der Waals surface area contributed by atoms with Crippen LogP contribution in [0.15, 0.2) is 56.5 Å². The monoisotopic (exact) mass is 366 g/mol. The molecule has 18 heavy (non-hydrogen) atoms. The molecule has 0 aromatic heterocycles. The Kier molecular flexibility index (Phi) is 4.55. The lowest BCUT2D eigenvalue weighted by molar-refractivity contribution is 1.34. The predicted molar refractivity (Wildman–Crippen MR) is 84.2 cm³/mol. The van der Waals surface area contributed by atoms with E-state index in [1.165, 1.54) is 5.56 Å². The Morgan fingerprint density at radius 3 is 2.28 bits per heavy atom. The number of nitrogens with one attached hydrogen (secondary N) is 1. The molecule has 0 unspecified atom stereocenters. The van der Waals surface area contributed by atoms with Crippen LogP contribution in [0.3, 0.4) is 0 Å². The number of rotatable bonds is 3. The summed E-state index contributed by atoms with van der Waals surface area (Å²) in [5.74, 6) is 0. The molecular weight excluding hydrogens is 356 g/mol. The molecular formula is C14H12Br2N2. The van der Waals surface area contributed by atoms with Crippen molar-refractivity contribution in [1.29, 1.82) is 0 Å². The minimum atomic E-state index is 0.966. The van der Waals surface area contributed by atoms with Crippen molar-refractivity contribution in [3.63, 3.8) is 0 Å². The van der Waals surface area contributed by atoms with Crippen molar-refractivity contribution >= 4 is 43.8 Å². The smallest absolute Gasteiger partial charge is 0.0567 e. The van der Waals surface area contributed by atoms with Gasteiger partial charge in [-0.15, -0.1) is 0 Å². The molecule has 0 aliphatic heterocycles. The molecule has 2 aromatic rings. The van der Waals surface area contributed by atoms with E-state index in [4.69, 9.17) is 0 Å². The Morgan fingerprint density at radius 2 is 1.67 bits per heavy atom. The van der Waals surface area contributed by atoms with Crippen molar-refractivity contribution in [3.8, 4) is 0 Å². The molecule has 92 valence electrons. The third-order valence-corrected chi connectivity index (χ3v) is 3.70. The highest BCUT2D eigenvalue weighted by molar-refractivity contribution is 9.11. The molecule has 0 fully saturated rings. The lowest BCUT2D eigenvalue weighted by Gasteiger charge is -2.04. The number of hydrazone groups is 1. The van der Waals surface area contributed by atoms with E-state index < -0.39 is 0 Å². The zero-order valence-electron chi connectivity index (χ0n) is 9.82. The van der Waals surface area contributed by atoms with Gasteiger partial charge in [0.1, 0.15) is 0 Å². The van der Waals surface area contributed by atoms with Crippen molar-refractivity contribution < 1.29 is 0 Å². The van der Waals surface area contributed by atoms with E-state index in [1.54, 1.807) is 6.21 Å². The molecule has 0 bridgehead atoms. The summed E-state index contributed by atoms with van der Waals surface area (Å²) in [6, 6.07) is 14.0. The zero-order chi connectivity index (χ0) is 13.0. The molecule has 2 rings (SSSR count). The summed E-state index contributed by atoms with van der Waals surface area (Å²) in [7, 11) is 0. The summed E-state index contributed by atoms with van der Waals surface area (Å²) >= 11 is 7.07. The first-order valence-corrected chi connectivity index (χ1v) is 7.05. The maximum Gasteiger partial charge on any atom is 0.0567 e. The van der Waals surface area contributed by atoms with Crippen LogP contribution in [0, 0.1) is 6.92 Å². The maximum atomic E-state index is 4.23. The first-order valence-electron chi connectivity index (χ1n) is 5.46. The maximum absolute atomic E-state index is 4.23. The number of para-hydroxylation sites is 1. The molecule has 0 spiro atoms. The van der Waals surface area contributed by atoms with Crippen molar-refractivity contribution in [2.75, 3.05) is 5.43 Å². The molecule has 1 N–H and O–H groups in total. The van der Waals surface area contributed by atoms with E-state index in [1.807, 2.05) is 30.3 Å². The van der Waals surface area contributed by atoms with Gasteiger partial charge in [-0.2, -0.15) is 5.10 Å². The fourth-order valence-electron chi connectivity index (χ4n) is 1.52. The zero-order valence-corrected chi connectivity index (χ0v) is 13.0. The van der Waals surface area contributed by atoms with Gasteiger partial charge in [-0.25, -0.2) is 0 Å². The average molecular weight is 368 g/mol. The second kappa shape index (κ2) is 6.16. The largest absolute Gasteiger partial charge is 0.279 e. The van der Waals surface area contributed by atoms with Gasteiger partial charge in [-0.05, 0) is 36.8 Å². The molecule has 2 aromatic carbocycles. The van der Waals surface area contributed by atoms with E-state index in [2.05, 4.69) is 61.4 Å². The fraction of sp³-hybridized carbons (Fsp3) is 0.0714. The third-order valence-electron chi connectivity index (χ3n) is 2.38. The number of benzene rings is 2. The number of anilines is 1. The van der Waals surface area contributed by atoms with Gasteiger partial charge >= 0.3 is 0 Å². The minimum absolute atomic E-state index is 0.966. The molecule has 2 nitrogen and oxygen atoms in total. The van der Waals surface area contributed by atoms with Crippen LogP contribution in [0.5, 0.6) is 0 Å². The van der Waals surface area contributed by atoms with Crippen LogP contribution in [0.4, 0.5) is 5.69 Å². The highest BCUT2D eigenvalue weighted by Gasteiger charge is 2.03. The van der Waals surface area contributed by atoms with Gasteiger partial charge in [0.15, 0.2) is 0 Å². The molecule has 0 saturated heterocycles. The van der Waals surface area contributed by atoms with Crippen LogP contribution in [-0.4, -0.2) is 6.21 Å². The van der Waals surface area contributed by atoms with Crippen molar-refractivity contribution in [3.05, 3.63) is 62.5 Å². The normalized spacial score (nSPS) is 10.8. The molecule has 0 aliphatic rings. The summed E-state index contributed by atoms with van der Waals surface area (Å²) in [6.07, 6.45) is 1.79. The van der Waals surface area contributed by atoms with Gasteiger partial charge < -0.3 is 0 Å². The highest BCUT2D eigenvalue weighted by atomic mass is 79.9. The van der Waals surface area contributed by atoms with E-state index >= 15 is 0 Å². The predicted octanol–water partition coefficient (Wildman–Crippen LogP) is 4.97. The fourth-order valence-corrected chi connectivity index (χ4v) is 3.14. The van der Waals surface area contributed by atoms with Crippen LogP contribution in [-0.2, 0) is 0 Å². The number of halogens is 2. The van der Waals surface area contributed by atoms with Gasteiger partial charge in [0, 0.05) is 14.5 Å². The van der Waals surface area contributed by atoms with Gasteiger partial charge in [0.05, 0.1) is 11.9 Å². The minimum Gasteiger partial charge on any atom is -0.279 e. The molecule has 0 amide bonds. The molecule has 4 heteroatoms. The van der Waals surface area contributed by atoms with Crippen LogP contribution < -0.4 is 5.43 Å². The lowest BCUT2D eigenvalue weighted by atomic mass is 10.2. The molecule has 0 heterocycles. The van der Waals surface area contributed by atoms with Gasteiger partial charge in [-0.3, -0.25) is 5.43 Å². The summed E-state index contributed by atoms with van der Waals surface area (Å²) in [4.78, 5) is 0. The SMILES string of the molecule is Cc1cc(Br)c(/C=N/Nc2ccccc2)c(Br)c1. The average Bonchev–Trinajstić information content (AvgIpc) is 2.34. The quantitative estimate of drug-likeness (QED) is 0.601. The van der Waals surface area contributed by atoms with Crippen LogP contribution in [0.25, 0.3) is 0 Å². The van der Waals surface area contributed by atoms with Crippen LogP contribution in [0.1, 0.15) is 11.1 Å². The summed E-state index contributed by atoms with van der Waals surface area (Å²) in [5, 5.41) is 4.23. The number of hydrogen-bond acceptors (Lipinski definition) is 2. The highest BCUT2D eigenvalue weighted by Crippen LogP contribution is 2.25. The van der Waals surface area contributed by atoms with Gasteiger partial charge in [-0.1, -0.05) is 50.1 Å². The number of hydrogen-bond donors (Lipinski definition) is 1.